The minimum atomic E-state index is -4.62. The van der Waals surface area contributed by atoms with Gasteiger partial charge in [0, 0.05) is 73.7 Å². The molecule has 384 valence electrons. The zero-order chi connectivity index (χ0) is 51.6. The summed E-state index contributed by atoms with van der Waals surface area (Å²) in [6.07, 6.45) is 5.64. The molecule has 8 rings (SSSR count). The molecule has 0 saturated carbocycles. The van der Waals surface area contributed by atoms with E-state index in [1.54, 1.807) is 40.0 Å². The second-order valence-corrected chi connectivity index (χ2v) is 17.4. The summed E-state index contributed by atoms with van der Waals surface area (Å²) in [5.41, 5.74) is 8.77. The summed E-state index contributed by atoms with van der Waals surface area (Å²) < 4.78 is 58.5. The topological polar surface area (TPSA) is 254 Å². The zero-order valence-electron chi connectivity index (χ0n) is 39.8. The normalized spacial score (nSPS) is 17.8. The number of alkyl halides is 3. The highest BCUT2D eigenvalue weighted by molar-refractivity contribution is 6.08. The van der Waals surface area contributed by atoms with Gasteiger partial charge >= 0.3 is 12.2 Å². The van der Waals surface area contributed by atoms with Gasteiger partial charge in [0.2, 0.25) is 17.7 Å². The van der Waals surface area contributed by atoms with Crippen LogP contribution in [0.5, 0.6) is 5.75 Å². The highest BCUT2D eigenvalue weighted by Gasteiger charge is 2.42. The van der Waals surface area contributed by atoms with E-state index in [0.29, 0.717) is 40.1 Å². The van der Waals surface area contributed by atoms with E-state index >= 15 is 0 Å². The third-order valence-electron chi connectivity index (χ3n) is 12.6. The SMILES string of the molecule is COc1ccc(C(=O)NCCOCCOCCC(=O)N2C[C@@H]3C[C@@H]2C(=O)NCCCCC/C=C/c2cnc(N)c4c(-c5ccc(C(=O)Nc6cc(C(F)(F)F)ccn6)cc5)nn3c24)cc1N1CCC(=O)NC1=O. The van der Waals surface area contributed by atoms with Crippen molar-refractivity contribution >= 4 is 69.9 Å². The van der Waals surface area contributed by atoms with Gasteiger partial charge in [0.05, 0.1) is 68.2 Å². The smallest absolute Gasteiger partial charge is 0.416 e. The van der Waals surface area contributed by atoms with Gasteiger partial charge < -0.3 is 40.8 Å². The summed E-state index contributed by atoms with van der Waals surface area (Å²) in [7, 11) is 1.44. The largest absolute Gasteiger partial charge is 0.495 e. The summed E-state index contributed by atoms with van der Waals surface area (Å²) in [4.78, 5) is 89.3. The Morgan fingerprint density at radius 2 is 1.70 bits per heavy atom. The van der Waals surface area contributed by atoms with Crippen molar-refractivity contribution in [1.82, 2.24) is 40.6 Å². The van der Waals surface area contributed by atoms with E-state index in [4.69, 9.17) is 25.0 Å². The first-order valence-corrected chi connectivity index (χ1v) is 23.8. The Labute approximate surface area is 416 Å². The zero-order valence-corrected chi connectivity index (χ0v) is 39.8. The molecule has 0 unspecified atom stereocenters. The molecule has 0 spiro atoms. The molecule has 3 aromatic heterocycles. The van der Waals surface area contributed by atoms with Crippen LogP contribution in [0, 0.1) is 0 Å². The molecule has 6 N–H and O–H groups in total. The van der Waals surface area contributed by atoms with Crippen molar-refractivity contribution in [1.29, 1.82) is 0 Å². The van der Waals surface area contributed by atoms with E-state index in [1.165, 1.54) is 30.2 Å². The van der Waals surface area contributed by atoms with Crippen molar-refractivity contribution in [2.75, 3.05) is 75.7 Å². The molecule has 7 amide bonds. The van der Waals surface area contributed by atoms with E-state index in [2.05, 4.69) is 37.3 Å². The van der Waals surface area contributed by atoms with Gasteiger partial charge in [-0.3, -0.25) is 38.9 Å². The van der Waals surface area contributed by atoms with Gasteiger partial charge in [-0.2, -0.15) is 18.3 Å². The molecule has 23 heteroatoms. The number of anilines is 3. The number of ether oxygens (including phenoxy) is 3. The van der Waals surface area contributed by atoms with Crippen LogP contribution in [-0.2, 0) is 30.0 Å². The Morgan fingerprint density at radius 1 is 0.918 bits per heavy atom. The number of aromatic nitrogens is 4. The molecule has 2 saturated heterocycles. The standard InChI is InChI=1S/C50H54F3N11O9/c1-71-38-13-12-32(25-36(38)62-20-15-40(65)60-49(62)70)46(67)57-19-22-73-24-23-72-21-16-41(66)63-29-35-27-37(63)48(69)56-17-6-4-2-3-5-7-33-28-58-45(54)42-43(61-64(35)44(33)42)30-8-10-31(11-9-30)47(68)59-39-26-34(14-18-55-39)50(51,52)53/h5,7-14,18,25-26,28,35,37H,2-4,6,15-17,19-24,27,29H2,1H3,(H2,54,58)(H,56,69)(H,57,67)(H,55,59,68)(H,60,65,70)/b7-5+/t35-,37+/m0/s1. The summed E-state index contributed by atoms with van der Waals surface area (Å²) >= 11 is 0. The molecule has 5 aromatic rings. The molecule has 73 heavy (non-hydrogen) atoms. The molecule has 2 fully saturated rings. The number of nitrogens with two attached hydrogens (primary N) is 1. The number of pyridine rings is 2. The molecule has 3 aliphatic rings. The summed E-state index contributed by atoms with van der Waals surface area (Å²) in [5, 5.41) is 16.1. The Kier molecular flexibility index (Phi) is 16.3. The number of methoxy groups -OCH3 is 1. The quantitative estimate of drug-likeness (QED) is 0.0814. The van der Waals surface area contributed by atoms with Crippen molar-refractivity contribution in [3.63, 3.8) is 0 Å². The number of fused-ring (bicyclic) bond motifs is 3. The Morgan fingerprint density at radius 3 is 2.47 bits per heavy atom. The van der Waals surface area contributed by atoms with Gasteiger partial charge in [0.25, 0.3) is 11.8 Å². The lowest BCUT2D eigenvalue weighted by Crippen LogP contribution is -2.49. The molecule has 2 atom stereocenters. The number of nitrogen functional groups attached to an aromatic ring is 1. The number of amides is 7. The first-order valence-electron chi connectivity index (χ1n) is 23.8. The monoisotopic (exact) mass is 1010 g/mol. The lowest BCUT2D eigenvalue weighted by Gasteiger charge is -2.28. The second-order valence-electron chi connectivity index (χ2n) is 17.4. The predicted octanol–water partition coefficient (Wildman–Crippen LogP) is 5.50. The van der Waals surface area contributed by atoms with Crippen LogP contribution < -0.4 is 36.6 Å². The van der Waals surface area contributed by atoms with E-state index in [1.807, 2.05) is 6.08 Å². The van der Waals surface area contributed by atoms with E-state index in [-0.39, 0.29) is 106 Å². The van der Waals surface area contributed by atoms with Gasteiger partial charge in [-0.05, 0) is 61.7 Å². The minimum Gasteiger partial charge on any atom is -0.495 e. The fourth-order valence-electron chi connectivity index (χ4n) is 8.87. The molecule has 0 radical (unpaired) electrons. The van der Waals surface area contributed by atoms with Crippen LogP contribution in [0.2, 0.25) is 0 Å². The summed E-state index contributed by atoms with van der Waals surface area (Å²) in [5.74, 6) is -1.76. The van der Waals surface area contributed by atoms with Gasteiger partial charge in [0.1, 0.15) is 29.1 Å². The van der Waals surface area contributed by atoms with E-state index in [9.17, 15) is 41.9 Å². The van der Waals surface area contributed by atoms with Crippen molar-refractivity contribution in [2.45, 2.75) is 63.2 Å². The second kappa shape index (κ2) is 23.1. The Bertz CT molecular complexity index is 2910. The lowest BCUT2D eigenvalue weighted by molar-refractivity contribution is -0.139. The number of imide groups is 1. The molecule has 2 bridgehead atoms. The fourth-order valence-corrected chi connectivity index (χ4v) is 8.87. The average molecular weight is 1010 g/mol. The van der Waals surface area contributed by atoms with Gasteiger partial charge in [0.15, 0.2) is 0 Å². The summed E-state index contributed by atoms with van der Waals surface area (Å²) in [6.45, 7) is 1.44. The number of urea groups is 1. The number of carbonyl (C=O) groups excluding carboxylic acids is 6. The van der Waals surface area contributed by atoms with Crippen molar-refractivity contribution < 1.29 is 56.1 Å². The molecular formula is C50H54F3N11O9. The number of halogens is 3. The number of rotatable bonds is 15. The molecule has 3 aliphatic heterocycles. The van der Waals surface area contributed by atoms with Crippen LogP contribution in [0.1, 0.15) is 82.8 Å². The molecule has 20 nitrogen and oxygen atoms in total. The maximum atomic E-state index is 14.0. The molecule has 0 aliphatic carbocycles. The number of hydrogen-bond donors (Lipinski definition) is 5. The molecule has 6 heterocycles. The van der Waals surface area contributed by atoms with Crippen LogP contribution in [-0.4, -0.2) is 126 Å². The third-order valence-corrected chi connectivity index (χ3v) is 12.6. The number of nitrogens with one attached hydrogen (secondary N) is 4. The Hall–Kier alpha value is -7.92. The van der Waals surface area contributed by atoms with Gasteiger partial charge in [-0.25, -0.2) is 14.8 Å². The van der Waals surface area contributed by atoms with Crippen LogP contribution in [0.15, 0.2) is 73.1 Å². The number of carbonyl (C=O) groups is 6. The van der Waals surface area contributed by atoms with E-state index < -0.39 is 41.7 Å². The number of likely N-dealkylation sites (tertiary alicyclic amines) is 1. The van der Waals surface area contributed by atoms with Crippen molar-refractivity contribution in [2.24, 2.45) is 0 Å². The number of hydrogen-bond acceptors (Lipinski definition) is 13. The highest BCUT2D eigenvalue weighted by Crippen LogP contribution is 2.39. The first-order chi connectivity index (χ1) is 35.2. The van der Waals surface area contributed by atoms with Crippen molar-refractivity contribution in [3.05, 3.63) is 95.3 Å². The number of allylic oxidation sites excluding steroid dienone is 1. The van der Waals surface area contributed by atoms with Gasteiger partial charge in [-0.15, -0.1) is 0 Å². The van der Waals surface area contributed by atoms with E-state index in [0.717, 1.165) is 49.6 Å². The molecular weight excluding hydrogens is 956 g/mol. The third kappa shape index (κ3) is 12.2. The summed E-state index contributed by atoms with van der Waals surface area (Å²) in [6, 6.07) is 10.6. The Balaban J connectivity index is 0.898. The van der Waals surface area contributed by atoms with Crippen LogP contribution in [0.3, 0.4) is 0 Å². The number of benzene rings is 2. The fraction of sp³-hybridized carbons (Fsp3) is 0.380. The predicted molar refractivity (Wildman–Crippen MR) is 261 cm³/mol. The minimum absolute atomic E-state index is 0.0223. The highest BCUT2D eigenvalue weighted by atomic mass is 19.4. The van der Waals surface area contributed by atoms with Crippen molar-refractivity contribution in [3.8, 4) is 17.0 Å². The van der Waals surface area contributed by atoms with Crippen LogP contribution in [0.4, 0.5) is 35.3 Å². The number of nitrogens with zero attached hydrogens (tertiary/aromatic N) is 6. The maximum absolute atomic E-state index is 14.0. The lowest BCUT2D eigenvalue weighted by atomic mass is 10.0. The first kappa shape index (κ1) is 51.4. The van der Waals surface area contributed by atoms with Crippen LogP contribution >= 0.6 is 0 Å². The molecule has 2 aromatic carbocycles. The average Bonchev–Trinajstić information content (AvgIpc) is 4.01. The van der Waals surface area contributed by atoms with Crippen LogP contribution in [0.25, 0.3) is 28.2 Å². The maximum Gasteiger partial charge on any atom is 0.416 e. The van der Waals surface area contributed by atoms with Gasteiger partial charge in [-0.1, -0.05) is 30.7 Å².